The number of hydrogen-bond donors (Lipinski definition) is 1. The van der Waals surface area contributed by atoms with Crippen molar-refractivity contribution in [2.75, 3.05) is 19.5 Å². The SMILES string of the molecule is COCCn1c(SCC(=O)NCc2ccccc2)nc2ccsc2c1=O. The van der Waals surface area contributed by atoms with Crippen LogP contribution in [-0.2, 0) is 22.6 Å². The van der Waals surface area contributed by atoms with E-state index in [1.807, 2.05) is 41.8 Å². The average molecular weight is 390 g/mol. The van der Waals surface area contributed by atoms with Gasteiger partial charge in [-0.2, -0.15) is 0 Å². The predicted octanol–water partition coefficient (Wildman–Crippen LogP) is 2.51. The van der Waals surface area contributed by atoms with Crippen LogP contribution in [0.3, 0.4) is 0 Å². The third-order valence-corrected chi connectivity index (χ3v) is 5.58. The van der Waals surface area contributed by atoms with Gasteiger partial charge in [0.15, 0.2) is 5.16 Å². The topological polar surface area (TPSA) is 73.2 Å². The van der Waals surface area contributed by atoms with Crippen LogP contribution in [0.5, 0.6) is 0 Å². The van der Waals surface area contributed by atoms with E-state index in [0.29, 0.717) is 35.1 Å². The van der Waals surface area contributed by atoms with Gasteiger partial charge in [0.2, 0.25) is 5.91 Å². The molecule has 0 saturated carbocycles. The van der Waals surface area contributed by atoms with Crippen molar-refractivity contribution in [2.45, 2.75) is 18.2 Å². The summed E-state index contributed by atoms with van der Waals surface area (Å²) in [6.07, 6.45) is 0. The molecule has 0 atom stereocenters. The zero-order valence-electron chi connectivity index (χ0n) is 14.3. The Kier molecular flexibility index (Phi) is 6.43. The number of thiophene rings is 1. The number of benzene rings is 1. The molecule has 0 spiro atoms. The molecule has 0 aliphatic rings. The van der Waals surface area contributed by atoms with Crippen molar-refractivity contribution in [2.24, 2.45) is 0 Å². The molecule has 3 aromatic rings. The maximum absolute atomic E-state index is 12.6. The van der Waals surface area contributed by atoms with Crippen LogP contribution < -0.4 is 10.9 Å². The Labute approximate surface area is 159 Å². The zero-order chi connectivity index (χ0) is 18.4. The summed E-state index contributed by atoms with van der Waals surface area (Å²) in [4.78, 5) is 29.3. The van der Waals surface area contributed by atoms with E-state index in [2.05, 4.69) is 10.3 Å². The van der Waals surface area contributed by atoms with Gasteiger partial charge in [0.05, 0.1) is 24.4 Å². The van der Waals surface area contributed by atoms with E-state index < -0.39 is 0 Å². The molecule has 0 radical (unpaired) electrons. The molecular formula is C18H19N3O3S2. The lowest BCUT2D eigenvalue weighted by Gasteiger charge is -2.11. The van der Waals surface area contributed by atoms with Gasteiger partial charge in [-0.05, 0) is 17.0 Å². The van der Waals surface area contributed by atoms with Crippen LogP contribution in [0.4, 0.5) is 0 Å². The highest BCUT2D eigenvalue weighted by Gasteiger charge is 2.14. The number of hydrogen-bond acceptors (Lipinski definition) is 6. The van der Waals surface area contributed by atoms with E-state index in [9.17, 15) is 9.59 Å². The first kappa shape index (κ1) is 18.6. The van der Waals surface area contributed by atoms with Gasteiger partial charge in [0, 0.05) is 13.7 Å². The number of fused-ring (bicyclic) bond motifs is 1. The standard InChI is InChI=1S/C18H19N3O3S2/c1-24-9-8-21-17(23)16-14(7-10-25-16)20-18(21)26-12-15(22)19-11-13-5-3-2-4-6-13/h2-7,10H,8-9,11-12H2,1H3,(H,19,22). The highest BCUT2D eigenvalue weighted by Crippen LogP contribution is 2.20. The Morgan fingerprint density at radius 3 is 2.88 bits per heavy atom. The lowest BCUT2D eigenvalue weighted by molar-refractivity contribution is -0.118. The van der Waals surface area contributed by atoms with E-state index in [1.165, 1.54) is 23.1 Å². The Morgan fingerprint density at radius 1 is 1.31 bits per heavy atom. The summed E-state index contributed by atoms with van der Waals surface area (Å²) in [7, 11) is 1.59. The fraction of sp³-hybridized carbons (Fsp3) is 0.278. The molecule has 0 unspecified atom stereocenters. The van der Waals surface area contributed by atoms with Crippen molar-refractivity contribution in [3.05, 3.63) is 57.7 Å². The second kappa shape index (κ2) is 8.98. The largest absolute Gasteiger partial charge is 0.383 e. The monoisotopic (exact) mass is 389 g/mol. The quantitative estimate of drug-likeness (QED) is 0.473. The van der Waals surface area contributed by atoms with E-state index in [-0.39, 0.29) is 17.2 Å². The van der Waals surface area contributed by atoms with E-state index in [4.69, 9.17) is 4.74 Å². The smallest absolute Gasteiger partial charge is 0.272 e. The van der Waals surface area contributed by atoms with Crippen molar-refractivity contribution in [1.29, 1.82) is 0 Å². The molecule has 8 heteroatoms. The molecular weight excluding hydrogens is 370 g/mol. The van der Waals surface area contributed by atoms with Crippen LogP contribution in [0.1, 0.15) is 5.56 Å². The molecule has 0 saturated heterocycles. The van der Waals surface area contributed by atoms with Gasteiger partial charge in [0.1, 0.15) is 4.70 Å². The number of carbonyl (C=O) groups is 1. The van der Waals surface area contributed by atoms with Crippen LogP contribution in [-0.4, -0.2) is 34.9 Å². The third-order valence-electron chi connectivity index (χ3n) is 3.71. The number of carbonyl (C=O) groups excluding carboxylic acids is 1. The second-order valence-corrected chi connectivity index (χ2v) is 7.39. The fourth-order valence-electron chi connectivity index (χ4n) is 2.39. The van der Waals surface area contributed by atoms with Gasteiger partial charge >= 0.3 is 0 Å². The first-order valence-corrected chi connectivity index (χ1v) is 9.96. The van der Waals surface area contributed by atoms with Crippen LogP contribution in [0.15, 0.2) is 51.7 Å². The van der Waals surface area contributed by atoms with Crippen LogP contribution >= 0.6 is 23.1 Å². The highest BCUT2D eigenvalue weighted by atomic mass is 32.2. The average Bonchev–Trinajstić information content (AvgIpc) is 3.14. The van der Waals surface area contributed by atoms with Crippen molar-refractivity contribution in [1.82, 2.24) is 14.9 Å². The number of nitrogens with zero attached hydrogens (tertiary/aromatic N) is 2. The molecule has 6 nitrogen and oxygen atoms in total. The maximum Gasteiger partial charge on any atom is 0.272 e. The molecule has 1 aromatic carbocycles. The zero-order valence-corrected chi connectivity index (χ0v) is 15.9. The Balaban J connectivity index is 1.69. The molecule has 1 N–H and O–H groups in total. The number of aromatic nitrogens is 2. The Hall–Kier alpha value is -2.16. The highest BCUT2D eigenvalue weighted by molar-refractivity contribution is 7.99. The lowest BCUT2D eigenvalue weighted by Crippen LogP contribution is -2.27. The number of rotatable bonds is 8. The number of thioether (sulfide) groups is 1. The summed E-state index contributed by atoms with van der Waals surface area (Å²) in [5.41, 5.74) is 1.62. The fourth-order valence-corrected chi connectivity index (χ4v) is 4.02. The van der Waals surface area contributed by atoms with Gasteiger partial charge in [-0.25, -0.2) is 4.98 Å². The second-order valence-electron chi connectivity index (χ2n) is 5.53. The van der Waals surface area contributed by atoms with E-state index in [1.54, 1.807) is 11.7 Å². The summed E-state index contributed by atoms with van der Waals surface area (Å²) in [5.74, 6) is 0.0962. The number of methoxy groups -OCH3 is 1. The van der Waals surface area contributed by atoms with Crippen LogP contribution in [0.25, 0.3) is 10.2 Å². The molecule has 0 fully saturated rings. The summed E-state index contributed by atoms with van der Waals surface area (Å²) < 4.78 is 7.29. The molecule has 1 amide bonds. The Morgan fingerprint density at radius 2 is 2.12 bits per heavy atom. The number of amides is 1. The number of ether oxygens (including phenoxy) is 1. The first-order chi connectivity index (χ1) is 12.7. The summed E-state index contributed by atoms with van der Waals surface area (Å²) in [5, 5.41) is 5.26. The van der Waals surface area contributed by atoms with E-state index >= 15 is 0 Å². The maximum atomic E-state index is 12.6. The summed E-state index contributed by atoms with van der Waals surface area (Å²) in [6, 6.07) is 11.5. The molecule has 0 aliphatic carbocycles. The molecule has 2 aromatic heterocycles. The molecule has 3 rings (SSSR count). The van der Waals surface area contributed by atoms with Gasteiger partial charge in [-0.15, -0.1) is 11.3 Å². The summed E-state index contributed by atoms with van der Waals surface area (Å²) >= 11 is 2.64. The predicted molar refractivity (Wildman–Crippen MR) is 105 cm³/mol. The van der Waals surface area contributed by atoms with Crippen LogP contribution in [0, 0.1) is 0 Å². The molecule has 0 bridgehead atoms. The minimum atomic E-state index is -0.100. The molecule has 0 aliphatic heterocycles. The molecule has 26 heavy (non-hydrogen) atoms. The van der Waals surface area contributed by atoms with Crippen molar-refractivity contribution in [3.8, 4) is 0 Å². The normalized spacial score (nSPS) is 11.0. The lowest BCUT2D eigenvalue weighted by atomic mass is 10.2. The molecule has 136 valence electrons. The van der Waals surface area contributed by atoms with Gasteiger partial charge in [-0.3, -0.25) is 14.2 Å². The minimum Gasteiger partial charge on any atom is -0.383 e. The van der Waals surface area contributed by atoms with Gasteiger partial charge in [0.25, 0.3) is 5.56 Å². The summed E-state index contributed by atoms with van der Waals surface area (Å²) in [6.45, 7) is 1.30. The van der Waals surface area contributed by atoms with Crippen molar-refractivity contribution >= 4 is 39.2 Å². The molecule has 2 heterocycles. The van der Waals surface area contributed by atoms with Gasteiger partial charge in [-0.1, -0.05) is 42.1 Å². The minimum absolute atomic E-state index is 0.0887. The van der Waals surface area contributed by atoms with Crippen molar-refractivity contribution in [3.63, 3.8) is 0 Å². The first-order valence-electron chi connectivity index (χ1n) is 8.09. The Bertz CT molecular complexity index is 938. The van der Waals surface area contributed by atoms with E-state index in [0.717, 1.165) is 5.56 Å². The van der Waals surface area contributed by atoms with Crippen LogP contribution in [0.2, 0.25) is 0 Å². The van der Waals surface area contributed by atoms with Crippen molar-refractivity contribution < 1.29 is 9.53 Å². The van der Waals surface area contributed by atoms with Gasteiger partial charge < -0.3 is 10.1 Å². The third kappa shape index (κ3) is 4.51. The number of nitrogens with one attached hydrogen (secondary N) is 1.